The molecule has 2 amide bonds. The molecule has 3 rings (SSSR count). The molecule has 0 unspecified atom stereocenters. The van der Waals surface area contributed by atoms with Crippen LogP contribution in [-0.4, -0.2) is 70.4 Å². The molecule has 0 saturated carbocycles. The van der Waals surface area contributed by atoms with Crippen LogP contribution < -0.4 is 5.32 Å². The first-order valence-corrected chi connectivity index (χ1v) is 10.0. The monoisotopic (exact) mass is 361 g/mol. The predicted molar refractivity (Wildman–Crippen MR) is 100 cm³/mol. The highest BCUT2D eigenvalue weighted by molar-refractivity contribution is 5.97. The summed E-state index contributed by atoms with van der Waals surface area (Å²) in [5, 5.41) is 2.95. The van der Waals surface area contributed by atoms with Crippen LogP contribution in [0.4, 0.5) is 0 Å². The Morgan fingerprint density at radius 2 is 1.85 bits per heavy atom. The van der Waals surface area contributed by atoms with E-state index in [4.69, 9.17) is 0 Å². The molecule has 0 spiro atoms. The summed E-state index contributed by atoms with van der Waals surface area (Å²) in [4.78, 5) is 34.4. The summed E-state index contributed by atoms with van der Waals surface area (Å²) < 4.78 is 1.99. The molecule has 2 aliphatic heterocycles. The van der Waals surface area contributed by atoms with Crippen LogP contribution in [0.15, 0.2) is 0 Å². The second-order valence-corrected chi connectivity index (χ2v) is 7.18. The molecule has 1 fully saturated rings. The largest absolute Gasteiger partial charge is 0.351 e. The fraction of sp³-hybridized carbons (Fsp3) is 0.737. The molecule has 1 saturated heterocycles. The SMILES string of the molecule is CCCCNC(=O)c1nc(C(=O)N2CCN(CC)CC2)n2c1CCCC2. The van der Waals surface area contributed by atoms with E-state index < -0.39 is 0 Å². The van der Waals surface area contributed by atoms with Crippen LogP contribution in [-0.2, 0) is 13.0 Å². The van der Waals surface area contributed by atoms with E-state index in [0.717, 1.165) is 77.1 Å². The van der Waals surface area contributed by atoms with Gasteiger partial charge in [-0.1, -0.05) is 20.3 Å². The molecule has 0 bridgehead atoms. The molecule has 0 aromatic carbocycles. The number of piperazine rings is 1. The topological polar surface area (TPSA) is 70.5 Å². The number of amides is 2. The molecule has 0 radical (unpaired) electrons. The van der Waals surface area contributed by atoms with Gasteiger partial charge in [0, 0.05) is 39.3 Å². The number of imidazole rings is 1. The Hall–Kier alpha value is -1.89. The van der Waals surface area contributed by atoms with Gasteiger partial charge in [-0.3, -0.25) is 9.59 Å². The number of nitrogens with one attached hydrogen (secondary N) is 1. The molecule has 144 valence electrons. The van der Waals surface area contributed by atoms with Gasteiger partial charge in [-0.25, -0.2) is 4.98 Å². The molecule has 3 heterocycles. The van der Waals surface area contributed by atoms with Crippen LogP contribution in [0.3, 0.4) is 0 Å². The van der Waals surface area contributed by atoms with Gasteiger partial charge in [0.05, 0.1) is 5.69 Å². The number of aromatic nitrogens is 2. The van der Waals surface area contributed by atoms with Crippen LogP contribution >= 0.6 is 0 Å². The highest BCUT2D eigenvalue weighted by Gasteiger charge is 2.30. The van der Waals surface area contributed by atoms with Gasteiger partial charge in [-0.15, -0.1) is 0 Å². The number of fused-ring (bicyclic) bond motifs is 1. The Morgan fingerprint density at radius 3 is 2.54 bits per heavy atom. The molecule has 0 aliphatic carbocycles. The van der Waals surface area contributed by atoms with Gasteiger partial charge in [0.15, 0.2) is 5.82 Å². The summed E-state index contributed by atoms with van der Waals surface area (Å²) in [6.45, 7) is 9.96. The third-order valence-corrected chi connectivity index (χ3v) is 5.45. The predicted octanol–water partition coefficient (Wildman–Crippen LogP) is 1.53. The lowest BCUT2D eigenvalue weighted by molar-refractivity contribution is 0.0625. The Labute approximate surface area is 155 Å². The van der Waals surface area contributed by atoms with Gasteiger partial charge < -0.3 is 19.7 Å². The third kappa shape index (κ3) is 3.92. The maximum absolute atomic E-state index is 13.1. The van der Waals surface area contributed by atoms with E-state index in [1.54, 1.807) is 0 Å². The first kappa shape index (κ1) is 18.9. The second-order valence-electron chi connectivity index (χ2n) is 7.18. The second kappa shape index (κ2) is 8.66. The summed E-state index contributed by atoms with van der Waals surface area (Å²) in [7, 11) is 0. The minimum atomic E-state index is -0.140. The van der Waals surface area contributed by atoms with Crippen molar-refractivity contribution in [2.24, 2.45) is 0 Å². The standard InChI is InChI=1S/C19H31N5O2/c1-3-5-9-20-18(25)16-15-8-6-7-10-24(15)17(21-16)19(26)23-13-11-22(4-2)12-14-23/h3-14H2,1-2H3,(H,20,25). The van der Waals surface area contributed by atoms with Crippen molar-refractivity contribution in [3.05, 3.63) is 17.2 Å². The van der Waals surface area contributed by atoms with Crippen LogP contribution in [0.2, 0.25) is 0 Å². The third-order valence-electron chi connectivity index (χ3n) is 5.45. The quantitative estimate of drug-likeness (QED) is 0.780. The van der Waals surface area contributed by atoms with Crippen molar-refractivity contribution < 1.29 is 9.59 Å². The van der Waals surface area contributed by atoms with Crippen molar-refractivity contribution in [1.29, 1.82) is 0 Å². The van der Waals surface area contributed by atoms with Gasteiger partial charge in [0.2, 0.25) is 0 Å². The molecular formula is C19H31N5O2. The highest BCUT2D eigenvalue weighted by Crippen LogP contribution is 2.22. The van der Waals surface area contributed by atoms with Crippen molar-refractivity contribution in [1.82, 2.24) is 24.7 Å². The molecule has 2 aliphatic rings. The van der Waals surface area contributed by atoms with Gasteiger partial charge >= 0.3 is 0 Å². The van der Waals surface area contributed by atoms with Gasteiger partial charge in [0.25, 0.3) is 11.8 Å². The number of nitrogens with zero attached hydrogens (tertiary/aromatic N) is 4. The average molecular weight is 361 g/mol. The maximum Gasteiger partial charge on any atom is 0.289 e. The molecule has 26 heavy (non-hydrogen) atoms. The normalized spacial score (nSPS) is 17.8. The van der Waals surface area contributed by atoms with E-state index >= 15 is 0 Å². The Balaban J connectivity index is 1.79. The highest BCUT2D eigenvalue weighted by atomic mass is 16.2. The molecule has 7 heteroatoms. The number of carbonyl (C=O) groups is 2. The number of hydrogen-bond acceptors (Lipinski definition) is 4. The molecule has 7 nitrogen and oxygen atoms in total. The van der Waals surface area contributed by atoms with Crippen molar-refractivity contribution >= 4 is 11.8 Å². The number of carbonyl (C=O) groups excluding carboxylic acids is 2. The Morgan fingerprint density at radius 1 is 1.08 bits per heavy atom. The minimum absolute atomic E-state index is 0.0310. The lowest BCUT2D eigenvalue weighted by Gasteiger charge is -2.34. The van der Waals surface area contributed by atoms with Crippen molar-refractivity contribution in [2.75, 3.05) is 39.3 Å². The minimum Gasteiger partial charge on any atom is -0.351 e. The van der Waals surface area contributed by atoms with Crippen LogP contribution in [0.1, 0.15) is 66.3 Å². The van der Waals surface area contributed by atoms with E-state index in [9.17, 15) is 9.59 Å². The number of rotatable bonds is 6. The molecule has 1 aromatic rings. The fourth-order valence-corrected chi connectivity index (χ4v) is 3.76. The Kier molecular flexibility index (Phi) is 6.29. The van der Waals surface area contributed by atoms with Crippen LogP contribution in [0.5, 0.6) is 0 Å². The summed E-state index contributed by atoms with van der Waals surface area (Å²) in [6.07, 6.45) is 4.89. The molecule has 1 aromatic heterocycles. The number of unbranched alkanes of at least 4 members (excludes halogenated alkanes) is 1. The number of likely N-dealkylation sites (N-methyl/N-ethyl adjacent to an activating group) is 1. The first-order chi connectivity index (χ1) is 12.7. The zero-order chi connectivity index (χ0) is 18.5. The lowest BCUT2D eigenvalue weighted by Crippen LogP contribution is -2.49. The van der Waals surface area contributed by atoms with Crippen LogP contribution in [0, 0.1) is 0 Å². The summed E-state index contributed by atoms with van der Waals surface area (Å²) in [6, 6.07) is 0. The Bertz CT molecular complexity index is 647. The average Bonchev–Trinajstić information content (AvgIpc) is 3.07. The molecule has 1 N–H and O–H groups in total. The van der Waals surface area contributed by atoms with Gasteiger partial charge in [0.1, 0.15) is 5.69 Å². The lowest BCUT2D eigenvalue weighted by atomic mass is 10.1. The fourth-order valence-electron chi connectivity index (χ4n) is 3.76. The van der Waals surface area contributed by atoms with E-state index in [1.165, 1.54) is 0 Å². The first-order valence-electron chi connectivity index (χ1n) is 10.0. The molecule has 0 atom stereocenters. The van der Waals surface area contributed by atoms with Crippen molar-refractivity contribution in [2.45, 2.75) is 52.5 Å². The molecular weight excluding hydrogens is 330 g/mol. The van der Waals surface area contributed by atoms with Gasteiger partial charge in [-0.05, 0) is 32.2 Å². The van der Waals surface area contributed by atoms with Crippen molar-refractivity contribution in [3.63, 3.8) is 0 Å². The van der Waals surface area contributed by atoms with E-state index in [1.807, 2.05) is 9.47 Å². The summed E-state index contributed by atoms with van der Waals surface area (Å²) in [5.41, 5.74) is 1.39. The summed E-state index contributed by atoms with van der Waals surface area (Å²) >= 11 is 0. The zero-order valence-corrected chi connectivity index (χ0v) is 16.1. The van der Waals surface area contributed by atoms with E-state index in [0.29, 0.717) is 18.1 Å². The van der Waals surface area contributed by atoms with E-state index in [-0.39, 0.29) is 11.8 Å². The van der Waals surface area contributed by atoms with Crippen molar-refractivity contribution in [3.8, 4) is 0 Å². The smallest absolute Gasteiger partial charge is 0.289 e. The van der Waals surface area contributed by atoms with Gasteiger partial charge in [-0.2, -0.15) is 0 Å². The van der Waals surface area contributed by atoms with E-state index in [2.05, 4.69) is 29.0 Å². The van der Waals surface area contributed by atoms with Crippen LogP contribution in [0.25, 0.3) is 0 Å². The number of hydrogen-bond donors (Lipinski definition) is 1. The maximum atomic E-state index is 13.1. The zero-order valence-electron chi connectivity index (χ0n) is 16.1. The summed E-state index contributed by atoms with van der Waals surface area (Å²) in [5.74, 6) is 0.278.